The van der Waals surface area contributed by atoms with E-state index in [-0.39, 0.29) is 38.5 Å². The molecule has 0 N–H and O–H groups in total. The van der Waals surface area contributed by atoms with Crippen LogP contribution in [0.3, 0.4) is 0 Å². The first-order valence-electron chi connectivity index (χ1n) is 3.33. The van der Waals surface area contributed by atoms with Crippen LogP contribution in [0.15, 0.2) is 60.7 Å². The van der Waals surface area contributed by atoms with E-state index in [0.29, 0.717) is 0 Å². The van der Waals surface area contributed by atoms with E-state index in [1.807, 2.05) is 60.7 Å². The number of rotatable bonds is 0. The molecule has 13 heavy (non-hydrogen) atoms. The molecule has 0 saturated heterocycles. The molecule has 0 amide bonds. The molecule has 0 aliphatic rings. The van der Waals surface area contributed by atoms with E-state index in [2.05, 4.69) is 0 Å². The van der Waals surface area contributed by atoms with Crippen molar-refractivity contribution >= 4 is 16.8 Å². The first-order chi connectivity index (χ1) is 5.00. The van der Waals surface area contributed by atoms with Gasteiger partial charge in [0.25, 0.3) is 0 Å². The van der Waals surface area contributed by atoms with Crippen molar-refractivity contribution in [3.8, 4) is 0 Å². The summed E-state index contributed by atoms with van der Waals surface area (Å²) in [6.45, 7) is 0. The van der Waals surface area contributed by atoms with Gasteiger partial charge in [-0.1, -0.05) is 0 Å². The van der Waals surface area contributed by atoms with Crippen molar-refractivity contribution in [2.75, 3.05) is 0 Å². The van der Waals surface area contributed by atoms with Crippen LogP contribution < -0.4 is 0 Å². The van der Waals surface area contributed by atoms with E-state index in [0.717, 1.165) is 0 Å². The molecule has 0 nitrogen and oxygen atoms in total. The van der Waals surface area contributed by atoms with Crippen LogP contribution in [0.25, 0.3) is 0 Å². The summed E-state index contributed by atoms with van der Waals surface area (Å²) in [6.07, 6.45) is 0. The molecule has 0 bridgehead atoms. The summed E-state index contributed by atoms with van der Waals surface area (Å²) in [4.78, 5) is 0. The summed E-state index contributed by atoms with van der Waals surface area (Å²) in [6, 6.07) is 20.0. The molecule has 0 aliphatic heterocycles. The Morgan fingerprint density at radius 2 is 0.769 bits per heavy atom. The standard InChI is InChI=1S/2C5H5.2B.Ti/c2*1-2-4-5-3-1;;;/h2*1-5H;;;/q4*-1;+4. The van der Waals surface area contributed by atoms with Crippen LogP contribution in [0.5, 0.6) is 0 Å². The summed E-state index contributed by atoms with van der Waals surface area (Å²) in [7, 11) is 0. The Kier molecular flexibility index (Phi) is 19.9. The van der Waals surface area contributed by atoms with Gasteiger partial charge in [0.1, 0.15) is 0 Å². The quantitative estimate of drug-likeness (QED) is 0.450. The second-order valence-corrected chi connectivity index (χ2v) is 1.92. The summed E-state index contributed by atoms with van der Waals surface area (Å²) in [5, 5.41) is 0. The van der Waals surface area contributed by atoms with Crippen LogP contribution >= 0.6 is 0 Å². The van der Waals surface area contributed by atoms with Crippen molar-refractivity contribution in [2.24, 2.45) is 0 Å². The van der Waals surface area contributed by atoms with Crippen LogP contribution in [0.2, 0.25) is 0 Å². The van der Waals surface area contributed by atoms with Crippen molar-refractivity contribution in [1.29, 1.82) is 0 Å². The van der Waals surface area contributed by atoms with Crippen LogP contribution in [-0.2, 0) is 21.7 Å². The molecule has 3 heteroatoms. The first-order valence-corrected chi connectivity index (χ1v) is 3.33. The van der Waals surface area contributed by atoms with Crippen molar-refractivity contribution < 1.29 is 21.7 Å². The van der Waals surface area contributed by atoms with E-state index in [9.17, 15) is 0 Å². The molecular weight excluding hydrogens is 190 g/mol. The molecule has 0 atom stereocenters. The zero-order chi connectivity index (χ0) is 7.07. The maximum Gasteiger partial charge on any atom is 4.00 e. The molecular formula is C10H10B2Ti. The number of hydrogen-bond donors (Lipinski definition) is 0. The third-order valence-corrected chi connectivity index (χ3v) is 1.11. The first kappa shape index (κ1) is 18.4. The Morgan fingerprint density at radius 3 is 0.846 bits per heavy atom. The summed E-state index contributed by atoms with van der Waals surface area (Å²) in [5.41, 5.74) is 0. The summed E-state index contributed by atoms with van der Waals surface area (Å²) < 4.78 is 0. The monoisotopic (exact) mass is 200 g/mol. The molecule has 2 aromatic carbocycles. The van der Waals surface area contributed by atoms with E-state index < -0.39 is 0 Å². The molecule has 60 valence electrons. The predicted molar refractivity (Wildman–Crippen MR) is 55.6 cm³/mol. The van der Waals surface area contributed by atoms with Gasteiger partial charge in [0.2, 0.25) is 0 Å². The Morgan fingerprint density at radius 1 is 0.538 bits per heavy atom. The zero-order valence-corrected chi connectivity index (χ0v) is 8.99. The Bertz CT molecular complexity index is 152. The minimum absolute atomic E-state index is 0. The molecule has 0 aliphatic carbocycles. The molecule has 2 rings (SSSR count). The number of hydrogen-bond acceptors (Lipinski definition) is 0. The molecule has 0 fully saturated rings. The van der Waals surface area contributed by atoms with Crippen molar-refractivity contribution in [1.82, 2.24) is 0 Å². The molecule has 8 radical (unpaired) electrons. The molecule has 0 aromatic heterocycles. The van der Waals surface area contributed by atoms with Gasteiger partial charge in [-0.05, 0) is 0 Å². The Hall–Kier alpha value is -0.456. The maximum atomic E-state index is 2.00. The SMILES string of the molecule is [B-].[B-].[Ti+4].c1cc[cH-]c1.c1cc[cH-]c1. The summed E-state index contributed by atoms with van der Waals surface area (Å²) >= 11 is 0. The van der Waals surface area contributed by atoms with Gasteiger partial charge in [-0.3, -0.25) is 0 Å². The average molecular weight is 200 g/mol. The van der Waals surface area contributed by atoms with Crippen LogP contribution in [-0.4, -0.2) is 16.8 Å². The zero-order valence-electron chi connectivity index (χ0n) is 7.43. The van der Waals surface area contributed by atoms with Gasteiger partial charge in [0, 0.05) is 0 Å². The molecule has 0 spiro atoms. The largest absolute Gasteiger partial charge is 4.00 e. The van der Waals surface area contributed by atoms with Crippen LogP contribution in [0.1, 0.15) is 0 Å². The minimum Gasteiger partial charge on any atom is -1.00 e. The second kappa shape index (κ2) is 14.1. The second-order valence-electron chi connectivity index (χ2n) is 1.92. The van der Waals surface area contributed by atoms with Crippen LogP contribution in [0, 0.1) is 0 Å². The smallest absolute Gasteiger partial charge is 1.00 e. The predicted octanol–water partition coefficient (Wildman–Crippen LogP) is 2.05. The van der Waals surface area contributed by atoms with Gasteiger partial charge in [-0.2, -0.15) is 36.4 Å². The van der Waals surface area contributed by atoms with Gasteiger partial charge in [0.15, 0.2) is 0 Å². The maximum absolute atomic E-state index is 2.00. The van der Waals surface area contributed by atoms with E-state index in [1.165, 1.54) is 0 Å². The fraction of sp³-hybridized carbons (Fsp3) is 0. The van der Waals surface area contributed by atoms with Gasteiger partial charge < -0.3 is 16.8 Å². The fourth-order valence-corrected chi connectivity index (χ4v) is 0.642. The third kappa shape index (κ3) is 11.5. The van der Waals surface area contributed by atoms with Crippen molar-refractivity contribution in [3.63, 3.8) is 0 Å². The molecule has 0 unspecified atom stereocenters. The fourth-order valence-electron chi connectivity index (χ4n) is 0.642. The van der Waals surface area contributed by atoms with Gasteiger partial charge in [-0.15, -0.1) is 0 Å². The molecule has 0 saturated carbocycles. The van der Waals surface area contributed by atoms with Gasteiger partial charge >= 0.3 is 21.7 Å². The molecule has 2 aromatic rings. The topological polar surface area (TPSA) is 0 Å². The van der Waals surface area contributed by atoms with Crippen LogP contribution in [0.4, 0.5) is 0 Å². The Labute approximate surface area is 99.1 Å². The average Bonchev–Trinajstić information content (AvgIpc) is 2.67. The Balaban J connectivity index is -0.000000125. The molecule has 0 heterocycles. The van der Waals surface area contributed by atoms with Crippen molar-refractivity contribution in [3.05, 3.63) is 60.7 Å². The minimum atomic E-state index is 0. The van der Waals surface area contributed by atoms with E-state index >= 15 is 0 Å². The summed E-state index contributed by atoms with van der Waals surface area (Å²) in [5.74, 6) is 0. The van der Waals surface area contributed by atoms with E-state index in [1.54, 1.807) is 0 Å². The van der Waals surface area contributed by atoms with Gasteiger partial charge in [0.05, 0.1) is 0 Å². The van der Waals surface area contributed by atoms with E-state index in [4.69, 9.17) is 0 Å². The van der Waals surface area contributed by atoms with Crippen molar-refractivity contribution in [2.45, 2.75) is 0 Å². The normalized spacial score (nSPS) is 6.15. The third-order valence-electron chi connectivity index (χ3n) is 1.11. The van der Waals surface area contributed by atoms with Gasteiger partial charge in [-0.25, -0.2) is 24.3 Å².